The van der Waals surface area contributed by atoms with Gasteiger partial charge in [0, 0.05) is 29.4 Å². The van der Waals surface area contributed by atoms with Crippen LogP contribution in [0.5, 0.6) is 5.75 Å². The van der Waals surface area contributed by atoms with Crippen LogP contribution in [0.3, 0.4) is 0 Å². The van der Waals surface area contributed by atoms with E-state index in [1.54, 1.807) is 6.26 Å². The third-order valence-corrected chi connectivity index (χ3v) is 3.72. The van der Waals surface area contributed by atoms with E-state index in [1.807, 2.05) is 39.0 Å². The standard InChI is InChI=1S/C15H24N2O3S/c1-11-6-5-7-12(2)14(11)20-10-13(3)17-15(18)16-8-9-21(4)19/h5-7,13H,8-10H2,1-4H3,(H2,16,17,18)/t13-,21+/m1/s1. The minimum Gasteiger partial charge on any atom is -0.491 e. The fourth-order valence-corrected chi connectivity index (χ4v) is 2.25. The number of ether oxygens (including phenoxy) is 1. The highest BCUT2D eigenvalue weighted by atomic mass is 32.2. The zero-order valence-corrected chi connectivity index (χ0v) is 13.9. The molecule has 0 aliphatic carbocycles. The van der Waals surface area contributed by atoms with Gasteiger partial charge in [-0.05, 0) is 31.9 Å². The first-order valence-electron chi connectivity index (χ1n) is 6.93. The van der Waals surface area contributed by atoms with Gasteiger partial charge >= 0.3 is 6.03 Å². The number of benzene rings is 1. The van der Waals surface area contributed by atoms with Crippen molar-refractivity contribution < 1.29 is 13.7 Å². The third kappa shape index (κ3) is 6.62. The first-order valence-corrected chi connectivity index (χ1v) is 8.66. The van der Waals surface area contributed by atoms with Crippen LogP contribution in [0.2, 0.25) is 0 Å². The van der Waals surface area contributed by atoms with Crippen LogP contribution in [-0.4, -0.2) is 41.4 Å². The minimum absolute atomic E-state index is 0.115. The van der Waals surface area contributed by atoms with Crippen LogP contribution < -0.4 is 15.4 Å². The molecular weight excluding hydrogens is 288 g/mol. The Balaban J connectivity index is 2.35. The molecule has 1 rings (SSSR count). The van der Waals surface area contributed by atoms with Gasteiger partial charge in [-0.3, -0.25) is 4.21 Å². The Labute approximate surface area is 128 Å². The lowest BCUT2D eigenvalue weighted by atomic mass is 10.1. The van der Waals surface area contributed by atoms with Crippen molar-refractivity contribution in [3.63, 3.8) is 0 Å². The summed E-state index contributed by atoms with van der Waals surface area (Å²) in [5.41, 5.74) is 2.16. The van der Waals surface area contributed by atoms with Gasteiger partial charge < -0.3 is 15.4 Å². The van der Waals surface area contributed by atoms with E-state index in [9.17, 15) is 9.00 Å². The van der Waals surface area contributed by atoms with Crippen molar-refractivity contribution in [1.82, 2.24) is 10.6 Å². The molecule has 0 aliphatic rings. The summed E-state index contributed by atoms with van der Waals surface area (Å²) in [5.74, 6) is 1.33. The van der Waals surface area contributed by atoms with Gasteiger partial charge in [-0.2, -0.15) is 0 Å². The van der Waals surface area contributed by atoms with Crippen LogP contribution in [0.4, 0.5) is 4.79 Å². The summed E-state index contributed by atoms with van der Waals surface area (Å²) in [7, 11) is -0.895. The molecule has 0 saturated heterocycles. The Hall–Kier alpha value is -1.56. The number of carbonyl (C=O) groups excluding carboxylic acids is 1. The highest BCUT2D eigenvalue weighted by Gasteiger charge is 2.09. The molecule has 0 aromatic heterocycles. The quantitative estimate of drug-likeness (QED) is 0.806. The van der Waals surface area contributed by atoms with Crippen LogP contribution in [0.25, 0.3) is 0 Å². The second-order valence-corrected chi connectivity index (χ2v) is 6.67. The molecule has 2 amide bonds. The normalized spacial score (nSPS) is 13.3. The zero-order chi connectivity index (χ0) is 15.8. The number of carbonyl (C=O) groups is 1. The van der Waals surface area contributed by atoms with Crippen molar-refractivity contribution in [3.05, 3.63) is 29.3 Å². The number of urea groups is 1. The van der Waals surface area contributed by atoms with Crippen LogP contribution in [-0.2, 0) is 10.8 Å². The number of amides is 2. The Morgan fingerprint density at radius 3 is 2.52 bits per heavy atom. The second-order valence-electron chi connectivity index (χ2n) is 5.11. The molecule has 0 aliphatic heterocycles. The second kappa shape index (κ2) is 8.67. The molecule has 0 bridgehead atoms. The first kappa shape index (κ1) is 17.5. The van der Waals surface area contributed by atoms with Crippen molar-refractivity contribution in [3.8, 4) is 5.75 Å². The average Bonchev–Trinajstić information content (AvgIpc) is 2.37. The van der Waals surface area contributed by atoms with Crippen molar-refractivity contribution >= 4 is 16.8 Å². The largest absolute Gasteiger partial charge is 0.491 e. The lowest BCUT2D eigenvalue weighted by Crippen LogP contribution is -2.44. The number of hydrogen-bond donors (Lipinski definition) is 2. The lowest BCUT2D eigenvalue weighted by molar-refractivity contribution is 0.226. The maximum Gasteiger partial charge on any atom is 0.315 e. The summed E-state index contributed by atoms with van der Waals surface area (Å²) in [5, 5.41) is 5.46. The van der Waals surface area contributed by atoms with E-state index in [4.69, 9.17) is 4.74 Å². The van der Waals surface area contributed by atoms with Crippen molar-refractivity contribution in [1.29, 1.82) is 0 Å². The van der Waals surface area contributed by atoms with Gasteiger partial charge in [0.25, 0.3) is 0 Å². The topological polar surface area (TPSA) is 67.4 Å². The Kier molecular flexibility index (Phi) is 7.22. The molecule has 0 radical (unpaired) electrons. The van der Waals surface area contributed by atoms with Gasteiger partial charge in [-0.15, -0.1) is 0 Å². The van der Waals surface area contributed by atoms with Crippen LogP contribution in [0.1, 0.15) is 18.1 Å². The Morgan fingerprint density at radius 2 is 1.95 bits per heavy atom. The third-order valence-electron chi connectivity index (χ3n) is 2.94. The number of para-hydroxylation sites is 1. The van der Waals surface area contributed by atoms with Gasteiger partial charge in [0.1, 0.15) is 12.4 Å². The van der Waals surface area contributed by atoms with Crippen LogP contribution in [0, 0.1) is 13.8 Å². The summed E-state index contributed by atoms with van der Waals surface area (Å²) in [4.78, 5) is 11.6. The molecule has 0 heterocycles. The van der Waals surface area contributed by atoms with E-state index in [-0.39, 0.29) is 12.1 Å². The Bertz CT molecular complexity index is 485. The minimum atomic E-state index is -0.895. The van der Waals surface area contributed by atoms with Crippen molar-refractivity contribution in [2.75, 3.05) is 25.2 Å². The molecule has 0 spiro atoms. The van der Waals surface area contributed by atoms with Gasteiger partial charge in [0.05, 0.1) is 6.04 Å². The summed E-state index contributed by atoms with van der Waals surface area (Å²) in [6.07, 6.45) is 1.61. The van der Waals surface area contributed by atoms with Crippen molar-refractivity contribution in [2.45, 2.75) is 26.8 Å². The summed E-state index contributed by atoms with van der Waals surface area (Å²) in [6.45, 7) is 6.68. The fraction of sp³-hybridized carbons (Fsp3) is 0.533. The van der Waals surface area contributed by atoms with E-state index in [0.29, 0.717) is 18.9 Å². The molecule has 5 nitrogen and oxygen atoms in total. The average molecular weight is 312 g/mol. The predicted octanol–water partition coefficient (Wildman–Crippen LogP) is 1.75. The highest BCUT2D eigenvalue weighted by Crippen LogP contribution is 2.22. The molecule has 1 aromatic rings. The van der Waals surface area contributed by atoms with E-state index in [1.165, 1.54) is 0 Å². The molecular formula is C15H24N2O3S. The molecule has 118 valence electrons. The number of rotatable bonds is 7. The van der Waals surface area contributed by atoms with Crippen molar-refractivity contribution in [2.24, 2.45) is 0 Å². The molecule has 2 N–H and O–H groups in total. The van der Waals surface area contributed by atoms with Gasteiger partial charge in [0.15, 0.2) is 0 Å². The summed E-state index contributed by atoms with van der Waals surface area (Å²) in [6, 6.07) is 5.61. The molecule has 1 aromatic carbocycles. The fourth-order valence-electron chi connectivity index (χ4n) is 1.86. The van der Waals surface area contributed by atoms with E-state index in [2.05, 4.69) is 10.6 Å². The molecule has 6 heteroatoms. The maximum absolute atomic E-state index is 11.6. The number of aryl methyl sites for hydroxylation is 2. The molecule has 21 heavy (non-hydrogen) atoms. The highest BCUT2D eigenvalue weighted by molar-refractivity contribution is 7.84. The SMILES string of the molecule is Cc1cccc(C)c1OC[C@@H](C)NC(=O)NCC[S@](C)=O. The number of nitrogens with one attached hydrogen (secondary N) is 2. The summed E-state index contributed by atoms with van der Waals surface area (Å²) < 4.78 is 16.7. The van der Waals surface area contributed by atoms with Gasteiger partial charge in [0.2, 0.25) is 0 Å². The van der Waals surface area contributed by atoms with Gasteiger partial charge in [-0.1, -0.05) is 18.2 Å². The predicted molar refractivity (Wildman–Crippen MR) is 86.3 cm³/mol. The van der Waals surface area contributed by atoms with E-state index in [0.717, 1.165) is 16.9 Å². The van der Waals surface area contributed by atoms with E-state index < -0.39 is 10.8 Å². The summed E-state index contributed by atoms with van der Waals surface area (Å²) >= 11 is 0. The lowest BCUT2D eigenvalue weighted by Gasteiger charge is -2.17. The smallest absolute Gasteiger partial charge is 0.315 e. The van der Waals surface area contributed by atoms with Crippen LogP contribution in [0.15, 0.2) is 18.2 Å². The molecule has 0 saturated carbocycles. The number of hydrogen-bond acceptors (Lipinski definition) is 3. The Morgan fingerprint density at radius 1 is 1.33 bits per heavy atom. The van der Waals surface area contributed by atoms with Gasteiger partial charge in [-0.25, -0.2) is 4.79 Å². The zero-order valence-electron chi connectivity index (χ0n) is 13.1. The van der Waals surface area contributed by atoms with E-state index >= 15 is 0 Å². The molecule has 2 atom stereocenters. The molecule has 0 fully saturated rings. The maximum atomic E-state index is 11.6. The molecule has 0 unspecified atom stereocenters. The monoisotopic (exact) mass is 312 g/mol. The van der Waals surface area contributed by atoms with Crippen LogP contribution >= 0.6 is 0 Å². The first-order chi connectivity index (χ1) is 9.90.